The average molecular weight is 272 g/mol. The lowest BCUT2D eigenvalue weighted by atomic mass is 9.75. The minimum Gasteiger partial charge on any atom is -0.324 e. The zero-order valence-electron chi connectivity index (χ0n) is 11.5. The molecule has 0 radical (unpaired) electrons. The summed E-state index contributed by atoms with van der Waals surface area (Å²) in [5.74, 6) is 0. The van der Waals surface area contributed by atoms with Gasteiger partial charge in [0.1, 0.15) is 0 Å². The van der Waals surface area contributed by atoms with Gasteiger partial charge < -0.3 is 5.73 Å². The quantitative estimate of drug-likeness (QED) is 0.842. The van der Waals surface area contributed by atoms with Gasteiger partial charge in [0.15, 0.2) is 0 Å². The number of nitrogens with zero attached hydrogens (tertiary/aromatic N) is 1. The van der Waals surface area contributed by atoms with Gasteiger partial charge in [0.2, 0.25) is 0 Å². The van der Waals surface area contributed by atoms with Crippen molar-refractivity contribution in [1.29, 1.82) is 0 Å². The van der Waals surface area contributed by atoms with E-state index >= 15 is 0 Å². The summed E-state index contributed by atoms with van der Waals surface area (Å²) < 4.78 is 1.28. The topological polar surface area (TPSA) is 38.9 Å². The number of aromatic nitrogens is 1. The molecule has 0 aliphatic heterocycles. The van der Waals surface area contributed by atoms with Gasteiger partial charge in [-0.15, -0.1) is 11.3 Å². The lowest BCUT2D eigenvalue weighted by molar-refractivity contribution is 0.299. The Labute approximate surface area is 118 Å². The maximum atomic E-state index is 6.14. The standard InChI is InChI=1S/C16H20N2S/c1-16(2)9-11(7-12(17)10-16)8-15-18-13-5-3-4-6-14(13)19-15/h3-7,12H,8-10,17H2,1-2H3. The molecule has 2 nitrogen and oxygen atoms in total. The second-order valence-electron chi connectivity index (χ2n) is 6.29. The molecule has 0 saturated carbocycles. The van der Waals surface area contributed by atoms with Crippen LogP contribution < -0.4 is 5.73 Å². The van der Waals surface area contributed by atoms with Crippen LogP contribution in [0.2, 0.25) is 0 Å². The van der Waals surface area contributed by atoms with Crippen LogP contribution in [-0.2, 0) is 6.42 Å². The molecule has 0 spiro atoms. The molecule has 1 aliphatic carbocycles. The molecule has 2 aromatic rings. The van der Waals surface area contributed by atoms with Crippen molar-refractivity contribution in [3.8, 4) is 0 Å². The Morgan fingerprint density at radius 3 is 2.89 bits per heavy atom. The van der Waals surface area contributed by atoms with E-state index in [0.717, 1.165) is 24.8 Å². The molecule has 3 heteroatoms. The van der Waals surface area contributed by atoms with Gasteiger partial charge >= 0.3 is 0 Å². The van der Waals surface area contributed by atoms with Crippen LogP contribution in [0.1, 0.15) is 31.7 Å². The van der Waals surface area contributed by atoms with E-state index in [1.54, 1.807) is 11.3 Å². The van der Waals surface area contributed by atoms with Gasteiger partial charge in [-0.1, -0.05) is 37.6 Å². The van der Waals surface area contributed by atoms with Crippen molar-refractivity contribution < 1.29 is 0 Å². The zero-order chi connectivity index (χ0) is 13.5. The molecule has 1 aromatic heterocycles. The molecule has 0 fully saturated rings. The Kier molecular flexibility index (Phi) is 3.19. The molecule has 19 heavy (non-hydrogen) atoms. The van der Waals surface area contributed by atoms with Crippen LogP contribution in [0.15, 0.2) is 35.9 Å². The van der Waals surface area contributed by atoms with E-state index in [2.05, 4.69) is 38.1 Å². The zero-order valence-corrected chi connectivity index (χ0v) is 12.3. The largest absolute Gasteiger partial charge is 0.324 e. The maximum Gasteiger partial charge on any atom is 0.0979 e. The number of fused-ring (bicyclic) bond motifs is 1. The SMILES string of the molecule is CC1(C)CC(Cc2nc3ccccc3s2)=CC(N)C1. The smallest absolute Gasteiger partial charge is 0.0979 e. The Hall–Kier alpha value is -1.19. The van der Waals surface area contributed by atoms with Crippen molar-refractivity contribution in [1.82, 2.24) is 4.98 Å². The number of rotatable bonds is 2. The van der Waals surface area contributed by atoms with Gasteiger partial charge in [0, 0.05) is 12.5 Å². The maximum absolute atomic E-state index is 6.14. The first-order valence-electron chi connectivity index (χ1n) is 6.81. The third-order valence-corrected chi connectivity index (χ3v) is 4.70. The molecular weight excluding hydrogens is 252 g/mol. The number of hydrogen-bond acceptors (Lipinski definition) is 3. The van der Waals surface area contributed by atoms with Crippen LogP contribution in [0.25, 0.3) is 10.2 Å². The third-order valence-electron chi connectivity index (χ3n) is 3.66. The van der Waals surface area contributed by atoms with E-state index in [9.17, 15) is 0 Å². The molecule has 0 saturated heterocycles. The fourth-order valence-corrected chi connectivity index (χ4v) is 4.08. The second kappa shape index (κ2) is 4.73. The highest BCUT2D eigenvalue weighted by Crippen LogP contribution is 2.36. The Morgan fingerprint density at radius 2 is 2.16 bits per heavy atom. The minimum absolute atomic E-state index is 0.202. The van der Waals surface area contributed by atoms with Crippen LogP contribution >= 0.6 is 11.3 Å². The lowest BCUT2D eigenvalue weighted by Crippen LogP contribution is -2.31. The molecule has 0 bridgehead atoms. The molecule has 2 N–H and O–H groups in total. The van der Waals surface area contributed by atoms with Crippen molar-refractivity contribution in [3.63, 3.8) is 0 Å². The monoisotopic (exact) mass is 272 g/mol. The van der Waals surface area contributed by atoms with E-state index in [0.29, 0.717) is 5.41 Å². The normalized spacial score (nSPS) is 22.5. The highest BCUT2D eigenvalue weighted by atomic mass is 32.1. The highest BCUT2D eigenvalue weighted by Gasteiger charge is 2.27. The molecular formula is C16H20N2S. The van der Waals surface area contributed by atoms with Crippen molar-refractivity contribution >= 4 is 21.6 Å². The first-order valence-corrected chi connectivity index (χ1v) is 7.63. The lowest BCUT2D eigenvalue weighted by Gasteiger charge is -2.33. The first-order chi connectivity index (χ1) is 9.02. The van der Waals surface area contributed by atoms with Crippen molar-refractivity contribution in [2.75, 3.05) is 0 Å². The van der Waals surface area contributed by atoms with E-state index < -0.39 is 0 Å². The van der Waals surface area contributed by atoms with E-state index in [1.165, 1.54) is 15.3 Å². The van der Waals surface area contributed by atoms with Crippen molar-refractivity contribution in [2.24, 2.45) is 11.1 Å². The molecule has 1 atom stereocenters. The van der Waals surface area contributed by atoms with E-state index in [1.807, 2.05) is 6.07 Å². The summed E-state index contributed by atoms with van der Waals surface area (Å²) in [4.78, 5) is 4.72. The molecule has 1 unspecified atom stereocenters. The number of para-hydroxylation sites is 1. The van der Waals surface area contributed by atoms with E-state index in [-0.39, 0.29) is 6.04 Å². The van der Waals surface area contributed by atoms with Crippen LogP contribution in [0.3, 0.4) is 0 Å². The number of thiazole rings is 1. The number of hydrogen-bond donors (Lipinski definition) is 1. The molecule has 0 amide bonds. The van der Waals surface area contributed by atoms with Gasteiger partial charge in [0.25, 0.3) is 0 Å². The molecule has 1 heterocycles. The summed E-state index contributed by atoms with van der Waals surface area (Å²) in [5, 5.41) is 1.21. The molecule has 1 aromatic carbocycles. The summed E-state index contributed by atoms with van der Waals surface area (Å²) in [6.45, 7) is 4.61. The Balaban J connectivity index is 1.84. The van der Waals surface area contributed by atoms with Crippen LogP contribution in [0.5, 0.6) is 0 Å². The van der Waals surface area contributed by atoms with Gasteiger partial charge in [-0.3, -0.25) is 0 Å². The summed E-state index contributed by atoms with van der Waals surface area (Å²) in [6, 6.07) is 8.54. The summed E-state index contributed by atoms with van der Waals surface area (Å²) in [5.41, 5.74) is 9.02. The molecule has 100 valence electrons. The predicted molar refractivity (Wildman–Crippen MR) is 82.4 cm³/mol. The van der Waals surface area contributed by atoms with Gasteiger partial charge in [-0.05, 0) is 30.4 Å². The molecule has 3 rings (SSSR count). The van der Waals surface area contributed by atoms with Crippen molar-refractivity contribution in [3.05, 3.63) is 40.9 Å². The van der Waals surface area contributed by atoms with Gasteiger partial charge in [0.05, 0.1) is 15.2 Å². The van der Waals surface area contributed by atoms with Gasteiger partial charge in [-0.2, -0.15) is 0 Å². The third kappa shape index (κ3) is 2.88. The van der Waals surface area contributed by atoms with Gasteiger partial charge in [-0.25, -0.2) is 4.98 Å². The fourth-order valence-electron chi connectivity index (χ4n) is 3.06. The molecule has 1 aliphatic rings. The van der Waals surface area contributed by atoms with Crippen LogP contribution in [0, 0.1) is 5.41 Å². The van der Waals surface area contributed by atoms with Crippen molar-refractivity contribution in [2.45, 2.75) is 39.2 Å². The second-order valence-corrected chi connectivity index (χ2v) is 7.40. The predicted octanol–water partition coefficient (Wildman–Crippen LogP) is 3.91. The summed E-state index contributed by atoms with van der Waals surface area (Å²) >= 11 is 1.80. The summed E-state index contributed by atoms with van der Waals surface area (Å²) in [7, 11) is 0. The number of allylic oxidation sites excluding steroid dienone is 1. The fraction of sp³-hybridized carbons (Fsp3) is 0.438. The van der Waals surface area contributed by atoms with Crippen LogP contribution in [-0.4, -0.2) is 11.0 Å². The highest BCUT2D eigenvalue weighted by molar-refractivity contribution is 7.18. The number of nitrogens with two attached hydrogens (primary N) is 1. The number of benzene rings is 1. The van der Waals surface area contributed by atoms with E-state index in [4.69, 9.17) is 10.7 Å². The first kappa shape index (κ1) is 12.8. The Bertz CT molecular complexity index is 591. The Morgan fingerprint density at radius 1 is 1.37 bits per heavy atom. The van der Waals surface area contributed by atoms with Crippen LogP contribution in [0.4, 0.5) is 0 Å². The summed E-state index contributed by atoms with van der Waals surface area (Å²) in [6.07, 6.45) is 5.42. The minimum atomic E-state index is 0.202. The average Bonchev–Trinajstić information content (AvgIpc) is 2.67.